The molecule has 1 aliphatic carbocycles. The van der Waals surface area contributed by atoms with E-state index in [1.807, 2.05) is 0 Å². The first kappa shape index (κ1) is 11.1. The highest BCUT2D eigenvalue weighted by Gasteiger charge is 2.25. The molecule has 0 spiro atoms. The zero-order valence-corrected chi connectivity index (χ0v) is 9.36. The number of aliphatic hydroxyl groups is 1. The molecule has 0 saturated heterocycles. The molecule has 5 nitrogen and oxygen atoms in total. The van der Waals surface area contributed by atoms with E-state index in [0.717, 1.165) is 31.4 Å². The number of carbonyl (C=O) groups excluding carboxylic acids is 1. The second-order valence-corrected chi connectivity index (χ2v) is 4.34. The molecule has 2 atom stereocenters. The number of nitrogens with zero attached hydrogens (tertiary/aromatic N) is 1. The average molecular weight is 223 g/mol. The van der Waals surface area contributed by atoms with Crippen LogP contribution in [0.3, 0.4) is 0 Å². The third-order valence-corrected chi connectivity index (χ3v) is 3.12. The van der Waals surface area contributed by atoms with Crippen LogP contribution < -0.4 is 5.32 Å². The van der Waals surface area contributed by atoms with Crippen LogP contribution in [-0.4, -0.2) is 33.4 Å². The highest BCUT2D eigenvalue weighted by molar-refractivity contribution is 5.95. The molecule has 1 aliphatic rings. The minimum absolute atomic E-state index is 0.115. The molecule has 2 unspecified atom stereocenters. The number of hydrogen-bond acceptors (Lipinski definition) is 3. The van der Waals surface area contributed by atoms with Gasteiger partial charge in [-0.2, -0.15) is 5.10 Å². The molecule has 1 aromatic heterocycles. The topological polar surface area (TPSA) is 78.0 Å². The lowest BCUT2D eigenvalue weighted by atomic mass is 9.92. The predicted octanol–water partition coefficient (Wildman–Crippen LogP) is 0.751. The number of aliphatic hydroxyl groups excluding tert-OH is 1. The van der Waals surface area contributed by atoms with Crippen LogP contribution in [0.5, 0.6) is 0 Å². The van der Waals surface area contributed by atoms with E-state index in [-0.39, 0.29) is 11.9 Å². The minimum Gasteiger partial charge on any atom is -0.391 e. The molecule has 1 aromatic rings. The van der Waals surface area contributed by atoms with Gasteiger partial charge in [0, 0.05) is 5.69 Å². The predicted molar refractivity (Wildman–Crippen MR) is 59.1 cm³/mol. The Balaban J connectivity index is 1.99. The van der Waals surface area contributed by atoms with E-state index in [0.29, 0.717) is 5.56 Å². The van der Waals surface area contributed by atoms with Crippen LogP contribution in [0.25, 0.3) is 0 Å². The number of aromatic nitrogens is 2. The number of nitrogens with one attached hydrogen (secondary N) is 2. The van der Waals surface area contributed by atoms with Gasteiger partial charge in [-0.3, -0.25) is 9.89 Å². The maximum atomic E-state index is 11.9. The summed E-state index contributed by atoms with van der Waals surface area (Å²) < 4.78 is 0. The summed E-state index contributed by atoms with van der Waals surface area (Å²) in [6, 6.07) is -0.115. The molecule has 1 amide bonds. The third kappa shape index (κ3) is 2.24. The van der Waals surface area contributed by atoms with Crippen molar-refractivity contribution in [1.82, 2.24) is 15.5 Å². The third-order valence-electron chi connectivity index (χ3n) is 3.12. The van der Waals surface area contributed by atoms with Crippen molar-refractivity contribution in [2.24, 2.45) is 0 Å². The van der Waals surface area contributed by atoms with Crippen molar-refractivity contribution in [3.8, 4) is 0 Å². The van der Waals surface area contributed by atoms with Crippen molar-refractivity contribution in [2.75, 3.05) is 0 Å². The summed E-state index contributed by atoms with van der Waals surface area (Å²) in [5, 5.41) is 19.1. The van der Waals surface area contributed by atoms with Crippen molar-refractivity contribution < 1.29 is 9.90 Å². The zero-order valence-electron chi connectivity index (χ0n) is 9.36. The van der Waals surface area contributed by atoms with Crippen molar-refractivity contribution in [1.29, 1.82) is 0 Å². The molecule has 5 heteroatoms. The standard InChI is InChI=1S/C11H17N3O2/c1-7-8(6-12-14-7)11(16)13-9-4-2-3-5-10(9)15/h6,9-10,15H,2-5H2,1H3,(H,12,14)(H,13,16). The smallest absolute Gasteiger partial charge is 0.255 e. The van der Waals surface area contributed by atoms with Gasteiger partial charge in [-0.1, -0.05) is 12.8 Å². The highest BCUT2D eigenvalue weighted by atomic mass is 16.3. The fourth-order valence-corrected chi connectivity index (χ4v) is 2.11. The lowest BCUT2D eigenvalue weighted by molar-refractivity contribution is 0.0717. The fourth-order valence-electron chi connectivity index (χ4n) is 2.11. The van der Waals surface area contributed by atoms with Gasteiger partial charge in [0.15, 0.2) is 0 Å². The Labute approximate surface area is 94.2 Å². The first-order valence-corrected chi connectivity index (χ1v) is 5.67. The highest BCUT2D eigenvalue weighted by Crippen LogP contribution is 2.18. The number of aromatic amines is 1. The summed E-state index contributed by atoms with van der Waals surface area (Å²) in [7, 11) is 0. The van der Waals surface area contributed by atoms with Gasteiger partial charge in [-0.05, 0) is 19.8 Å². The molecule has 16 heavy (non-hydrogen) atoms. The van der Waals surface area contributed by atoms with Crippen molar-refractivity contribution in [3.05, 3.63) is 17.5 Å². The minimum atomic E-state index is -0.412. The molecule has 0 aromatic carbocycles. The molecule has 3 N–H and O–H groups in total. The Hall–Kier alpha value is -1.36. The first-order chi connectivity index (χ1) is 7.68. The van der Waals surface area contributed by atoms with Crippen LogP contribution in [0.15, 0.2) is 6.20 Å². The number of amides is 1. The summed E-state index contributed by atoms with van der Waals surface area (Å²) in [4.78, 5) is 11.9. The van der Waals surface area contributed by atoms with Crippen molar-refractivity contribution >= 4 is 5.91 Å². The lowest BCUT2D eigenvalue weighted by Crippen LogP contribution is -2.45. The van der Waals surface area contributed by atoms with E-state index in [1.54, 1.807) is 6.92 Å². The monoisotopic (exact) mass is 223 g/mol. The SMILES string of the molecule is Cc1[nH]ncc1C(=O)NC1CCCCC1O. The van der Waals surface area contributed by atoms with Gasteiger partial charge >= 0.3 is 0 Å². The number of aryl methyl sites for hydroxylation is 1. The van der Waals surface area contributed by atoms with E-state index in [9.17, 15) is 9.90 Å². The molecule has 1 saturated carbocycles. The number of carbonyl (C=O) groups is 1. The largest absolute Gasteiger partial charge is 0.391 e. The van der Waals surface area contributed by atoms with Crippen LogP contribution in [0, 0.1) is 6.92 Å². The quantitative estimate of drug-likeness (QED) is 0.692. The van der Waals surface area contributed by atoms with E-state index in [2.05, 4.69) is 15.5 Å². The molecular weight excluding hydrogens is 206 g/mol. The number of rotatable bonds is 2. The summed E-state index contributed by atoms with van der Waals surface area (Å²) >= 11 is 0. The van der Waals surface area contributed by atoms with Crippen molar-refractivity contribution in [3.63, 3.8) is 0 Å². The van der Waals surface area contributed by atoms with Crippen LogP contribution in [-0.2, 0) is 0 Å². The number of H-pyrrole nitrogens is 1. The van der Waals surface area contributed by atoms with Gasteiger partial charge in [0.2, 0.25) is 0 Å². The lowest BCUT2D eigenvalue weighted by Gasteiger charge is -2.28. The van der Waals surface area contributed by atoms with Crippen LogP contribution in [0.4, 0.5) is 0 Å². The summed E-state index contributed by atoms with van der Waals surface area (Å²) in [5.41, 5.74) is 1.31. The second kappa shape index (κ2) is 4.65. The maximum Gasteiger partial charge on any atom is 0.255 e. The van der Waals surface area contributed by atoms with Gasteiger partial charge in [-0.15, -0.1) is 0 Å². The van der Waals surface area contributed by atoms with Gasteiger partial charge in [0.25, 0.3) is 5.91 Å². The normalized spacial score (nSPS) is 25.4. The Kier molecular flexibility index (Phi) is 3.24. The van der Waals surface area contributed by atoms with E-state index < -0.39 is 6.10 Å². The molecule has 0 aliphatic heterocycles. The van der Waals surface area contributed by atoms with Crippen LogP contribution >= 0.6 is 0 Å². The Morgan fingerprint density at radius 3 is 2.94 bits per heavy atom. The average Bonchev–Trinajstić information content (AvgIpc) is 2.68. The van der Waals surface area contributed by atoms with E-state index in [1.165, 1.54) is 6.20 Å². The van der Waals surface area contributed by atoms with Gasteiger partial charge in [0.1, 0.15) is 0 Å². The summed E-state index contributed by atoms with van der Waals surface area (Å²) in [6.45, 7) is 1.80. The Bertz CT molecular complexity index is 375. The summed E-state index contributed by atoms with van der Waals surface area (Å²) in [6.07, 6.45) is 4.83. The Morgan fingerprint density at radius 2 is 2.31 bits per heavy atom. The molecule has 0 radical (unpaired) electrons. The van der Waals surface area contributed by atoms with Gasteiger partial charge in [0.05, 0.1) is 23.9 Å². The molecule has 88 valence electrons. The van der Waals surface area contributed by atoms with Crippen molar-refractivity contribution in [2.45, 2.75) is 44.8 Å². The van der Waals surface area contributed by atoms with Gasteiger partial charge in [-0.25, -0.2) is 0 Å². The molecule has 1 fully saturated rings. The fraction of sp³-hybridized carbons (Fsp3) is 0.636. The van der Waals surface area contributed by atoms with E-state index >= 15 is 0 Å². The number of hydrogen-bond donors (Lipinski definition) is 3. The molecule has 1 heterocycles. The Morgan fingerprint density at radius 1 is 1.56 bits per heavy atom. The summed E-state index contributed by atoms with van der Waals surface area (Å²) in [5.74, 6) is -0.155. The van der Waals surface area contributed by atoms with Gasteiger partial charge < -0.3 is 10.4 Å². The first-order valence-electron chi connectivity index (χ1n) is 5.67. The molecular formula is C11H17N3O2. The van der Waals surface area contributed by atoms with Crippen LogP contribution in [0.2, 0.25) is 0 Å². The maximum absolute atomic E-state index is 11.9. The van der Waals surface area contributed by atoms with Crippen LogP contribution in [0.1, 0.15) is 41.7 Å². The molecule has 0 bridgehead atoms. The molecule has 2 rings (SSSR count). The second-order valence-electron chi connectivity index (χ2n) is 4.34. The van der Waals surface area contributed by atoms with E-state index in [4.69, 9.17) is 0 Å². The zero-order chi connectivity index (χ0) is 11.5.